The topological polar surface area (TPSA) is 37.4 Å². The van der Waals surface area contributed by atoms with Crippen LogP contribution in [0.15, 0.2) is 23.1 Å². The van der Waals surface area contributed by atoms with Gasteiger partial charge in [-0.25, -0.2) is 8.42 Å². The number of halogens is 1. The molecule has 0 saturated heterocycles. The number of benzene rings is 1. The third-order valence-electron chi connectivity index (χ3n) is 3.91. The van der Waals surface area contributed by atoms with Crippen molar-refractivity contribution >= 4 is 21.6 Å². The van der Waals surface area contributed by atoms with E-state index in [4.69, 9.17) is 11.6 Å². The Morgan fingerprint density at radius 1 is 1.30 bits per heavy atom. The summed E-state index contributed by atoms with van der Waals surface area (Å²) in [4.78, 5) is 0.435. The predicted molar refractivity (Wildman–Crippen MR) is 82.8 cm³/mol. The summed E-state index contributed by atoms with van der Waals surface area (Å²) >= 11 is 5.74. The molecule has 0 amide bonds. The fourth-order valence-electron chi connectivity index (χ4n) is 2.60. The first-order valence-corrected chi connectivity index (χ1v) is 9.09. The van der Waals surface area contributed by atoms with Crippen molar-refractivity contribution in [3.8, 4) is 0 Å². The Labute approximate surface area is 127 Å². The van der Waals surface area contributed by atoms with Crippen LogP contribution in [0, 0.1) is 13.8 Å². The van der Waals surface area contributed by atoms with E-state index in [0.29, 0.717) is 23.7 Å². The Balaban J connectivity index is 2.33. The Hall–Kier alpha value is -0.580. The normalized spacial score (nSPS) is 16.4. The average molecular weight is 316 g/mol. The molecule has 0 heterocycles. The predicted octanol–water partition coefficient (Wildman–Crippen LogP) is 3.48. The van der Waals surface area contributed by atoms with Crippen LogP contribution in [0.3, 0.4) is 0 Å². The molecule has 5 heteroatoms. The zero-order valence-corrected chi connectivity index (χ0v) is 13.7. The lowest BCUT2D eigenvalue weighted by Crippen LogP contribution is -2.44. The minimum Gasteiger partial charge on any atom is -0.207 e. The van der Waals surface area contributed by atoms with Gasteiger partial charge < -0.3 is 0 Å². The summed E-state index contributed by atoms with van der Waals surface area (Å²) in [5.41, 5.74) is 1.90. The number of hydrogen-bond donors (Lipinski definition) is 0. The van der Waals surface area contributed by atoms with Gasteiger partial charge in [0.25, 0.3) is 0 Å². The van der Waals surface area contributed by atoms with Crippen LogP contribution >= 0.6 is 11.6 Å². The van der Waals surface area contributed by atoms with Gasteiger partial charge in [-0.3, -0.25) is 0 Å². The standard InChI is InChI=1S/C15H22ClNO2S/c1-12-7-8-15(13(2)11-12)20(18,19)17(10-4-9-16)14-5-3-6-14/h7-8,11,14H,3-6,9-10H2,1-2H3. The van der Waals surface area contributed by atoms with Gasteiger partial charge in [-0.05, 0) is 44.7 Å². The molecule has 0 aliphatic heterocycles. The number of aryl methyl sites for hydroxylation is 2. The molecule has 0 radical (unpaired) electrons. The Kier molecular flexibility index (Phi) is 5.10. The minimum absolute atomic E-state index is 0.156. The molecule has 0 N–H and O–H groups in total. The maximum absolute atomic E-state index is 12.9. The van der Waals surface area contributed by atoms with Crippen LogP contribution in [-0.4, -0.2) is 31.2 Å². The SMILES string of the molecule is Cc1ccc(S(=O)(=O)N(CCCCl)C2CCC2)c(C)c1. The third kappa shape index (κ3) is 3.18. The van der Waals surface area contributed by atoms with Gasteiger partial charge in [0.2, 0.25) is 10.0 Å². The summed E-state index contributed by atoms with van der Waals surface area (Å²) in [6, 6.07) is 5.67. The van der Waals surface area contributed by atoms with Gasteiger partial charge in [0.1, 0.15) is 0 Å². The summed E-state index contributed by atoms with van der Waals surface area (Å²) in [6.07, 6.45) is 3.74. The molecular formula is C15H22ClNO2S. The zero-order chi connectivity index (χ0) is 14.8. The van der Waals surface area contributed by atoms with Crippen molar-refractivity contribution < 1.29 is 8.42 Å². The van der Waals surface area contributed by atoms with Gasteiger partial charge in [-0.2, -0.15) is 4.31 Å². The van der Waals surface area contributed by atoms with Crippen molar-refractivity contribution in [2.24, 2.45) is 0 Å². The second-order valence-corrected chi connectivity index (χ2v) is 7.75. The molecule has 1 aliphatic carbocycles. The second kappa shape index (κ2) is 6.46. The van der Waals surface area contributed by atoms with Gasteiger partial charge in [-0.1, -0.05) is 24.1 Å². The summed E-state index contributed by atoms with van der Waals surface area (Å²) < 4.78 is 27.4. The number of hydrogen-bond acceptors (Lipinski definition) is 2. The molecule has 1 aromatic carbocycles. The number of nitrogens with zero attached hydrogens (tertiary/aromatic N) is 1. The molecule has 1 aliphatic rings. The smallest absolute Gasteiger partial charge is 0.207 e. The Bertz CT molecular complexity index is 567. The highest BCUT2D eigenvalue weighted by Gasteiger charge is 2.35. The molecule has 1 saturated carbocycles. The van der Waals surface area contributed by atoms with Crippen LogP contribution in [0.4, 0.5) is 0 Å². The van der Waals surface area contributed by atoms with Crippen LogP contribution in [0.5, 0.6) is 0 Å². The Morgan fingerprint density at radius 3 is 2.50 bits per heavy atom. The van der Waals surface area contributed by atoms with E-state index in [2.05, 4.69) is 0 Å². The van der Waals surface area contributed by atoms with Crippen LogP contribution in [0.2, 0.25) is 0 Å². The van der Waals surface area contributed by atoms with Gasteiger partial charge in [-0.15, -0.1) is 11.6 Å². The van der Waals surface area contributed by atoms with E-state index in [1.54, 1.807) is 10.4 Å². The van der Waals surface area contributed by atoms with Gasteiger partial charge in [0.05, 0.1) is 4.90 Å². The summed E-state index contributed by atoms with van der Waals surface area (Å²) in [6.45, 7) is 4.35. The molecule has 1 fully saturated rings. The first-order chi connectivity index (χ1) is 9.46. The van der Waals surface area contributed by atoms with Crippen molar-refractivity contribution in [1.29, 1.82) is 0 Å². The molecule has 0 atom stereocenters. The molecule has 112 valence electrons. The first-order valence-electron chi connectivity index (χ1n) is 7.12. The lowest BCUT2D eigenvalue weighted by Gasteiger charge is -2.36. The van der Waals surface area contributed by atoms with Crippen LogP contribution in [0.25, 0.3) is 0 Å². The summed E-state index contributed by atoms with van der Waals surface area (Å²) in [7, 11) is -3.41. The molecule has 0 unspecified atom stereocenters. The fraction of sp³-hybridized carbons (Fsp3) is 0.600. The van der Waals surface area contributed by atoms with E-state index >= 15 is 0 Å². The van der Waals surface area contributed by atoms with Crippen LogP contribution < -0.4 is 0 Å². The lowest BCUT2D eigenvalue weighted by molar-refractivity contribution is 0.220. The van der Waals surface area contributed by atoms with E-state index in [-0.39, 0.29) is 6.04 Å². The van der Waals surface area contributed by atoms with Gasteiger partial charge in [0, 0.05) is 18.5 Å². The highest BCUT2D eigenvalue weighted by molar-refractivity contribution is 7.89. The molecule has 20 heavy (non-hydrogen) atoms. The summed E-state index contributed by atoms with van der Waals surface area (Å²) in [5, 5.41) is 0. The van der Waals surface area contributed by atoms with Crippen LogP contribution in [0.1, 0.15) is 36.8 Å². The average Bonchev–Trinajstić information content (AvgIpc) is 2.31. The Morgan fingerprint density at radius 2 is 2.00 bits per heavy atom. The zero-order valence-electron chi connectivity index (χ0n) is 12.1. The van der Waals surface area contributed by atoms with Crippen molar-refractivity contribution in [3.63, 3.8) is 0 Å². The molecule has 2 rings (SSSR count). The molecule has 3 nitrogen and oxygen atoms in total. The van der Waals surface area contributed by atoms with E-state index in [9.17, 15) is 8.42 Å². The third-order valence-corrected chi connectivity index (χ3v) is 6.29. The number of alkyl halides is 1. The first kappa shape index (κ1) is 15.8. The van der Waals surface area contributed by atoms with Crippen molar-refractivity contribution in [2.45, 2.75) is 50.5 Å². The lowest BCUT2D eigenvalue weighted by atomic mass is 9.93. The van der Waals surface area contributed by atoms with E-state index in [1.165, 1.54) is 0 Å². The molecule has 1 aromatic rings. The molecule has 0 spiro atoms. The molecule has 0 aromatic heterocycles. The van der Waals surface area contributed by atoms with Crippen molar-refractivity contribution in [3.05, 3.63) is 29.3 Å². The minimum atomic E-state index is -3.41. The molecule has 0 bridgehead atoms. The van der Waals surface area contributed by atoms with E-state index in [1.807, 2.05) is 26.0 Å². The quantitative estimate of drug-likeness (QED) is 0.754. The van der Waals surface area contributed by atoms with Gasteiger partial charge in [0.15, 0.2) is 0 Å². The maximum Gasteiger partial charge on any atom is 0.243 e. The van der Waals surface area contributed by atoms with E-state index in [0.717, 1.165) is 30.4 Å². The summed E-state index contributed by atoms with van der Waals surface area (Å²) in [5.74, 6) is 0.492. The highest BCUT2D eigenvalue weighted by Crippen LogP contribution is 2.31. The fourth-order valence-corrected chi connectivity index (χ4v) is 4.66. The van der Waals surface area contributed by atoms with Crippen molar-refractivity contribution in [2.75, 3.05) is 12.4 Å². The highest BCUT2D eigenvalue weighted by atomic mass is 35.5. The van der Waals surface area contributed by atoms with Gasteiger partial charge >= 0.3 is 0 Å². The van der Waals surface area contributed by atoms with Crippen molar-refractivity contribution in [1.82, 2.24) is 4.31 Å². The number of rotatable bonds is 6. The number of sulfonamides is 1. The largest absolute Gasteiger partial charge is 0.243 e. The maximum atomic E-state index is 12.9. The second-order valence-electron chi connectivity index (χ2n) is 5.51. The molecular weight excluding hydrogens is 294 g/mol. The van der Waals surface area contributed by atoms with Crippen LogP contribution in [-0.2, 0) is 10.0 Å². The monoisotopic (exact) mass is 315 g/mol. The van der Waals surface area contributed by atoms with E-state index < -0.39 is 10.0 Å².